The molecular weight excluding hydrogens is 324 g/mol. The minimum atomic E-state index is 0.0572. The number of anilines is 2. The molecule has 1 saturated heterocycles. The molecule has 1 unspecified atom stereocenters. The molecule has 2 heterocycles. The SMILES string of the molecule is Cc1nc2ccccc2nc1NC(C)c1cccc(N2CCCC2=O)c1. The van der Waals surface area contributed by atoms with Crippen LogP contribution < -0.4 is 10.2 Å². The predicted octanol–water partition coefficient (Wildman–Crippen LogP) is 4.24. The first-order chi connectivity index (χ1) is 12.6. The molecule has 26 heavy (non-hydrogen) atoms. The number of aromatic nitrogens is 2. The summed E-state index contributed by atoms with van der Waals surface area (Å²) >= 11 is 0. The molecule has 0 saturated carbocycles. The van der Waals surface area contributed by atoms with Gasteiger partial charge in [-0.05, 0) is 50.1 Å². The molecule has 1 fully saturated rings. The lowest BCUT2D eigenvalue weighted by Gasteiger charge is -2.20. The van der Waals surface area contributed by atoms with Gasteiger partial charge in [-0.1, -0.05) is 24.3 Å². The Morgan fingerprint density at radius 2 is 1.85 bits per heavy atom. The fraction of sp³-hybridized carbons (Fsp3) is 0.286. The van der Waals surface area contributed by atoms with Crippen LogP contribution in [0.5, 0.6) is 0 Å². The summed E-state index contributed by atoms with van der Waals surface area (Å²) in [6.45, 7) is 4.87. The van der Waals surface area contributed by atoms with Crippen molar-refractivity contribution in [3.8, 4) is 0 Å². The van der Waals surface area contributed by atoms with Gasteiger partial charge in [0.25, 0.3) is 0 Å². The summed E-state index contributed by atoms with van der Waals surface area (Å²) in [6.07, 6.45) is 1.58. The summed E-state index contributed by atoms with van der Waals surface area (Å²) in [4.78, 5) is 23.2. The van der Waals surface area contributed by atoms with Crippen LogP contribution in [0.2, 0.25) is 0 Å². The van der Waals surface area contributed by atoms with Crippen molar-refractivity contribution in [3.63, 3.8) is 0 Å². The van der Waals surface area contributed by atoms with E-state index in [1.165, 1.54) is 0 Å². The number of aryl methyl sites for hydroxylation is 1. The molecule has 1 N–H and O–H groups in total. The highest BCUT2D eigenvalue weighted by molar-refractivity contribution is 5.95. The molecular formula is C21H22N4O. The summed E-state index contributed by atoms with van der Waals surface area (Å²) in [5.41, 5.74) is 4.75. The molecule has 1 aromatic heterocycles. The van der Waals surface area contributed by atoms with Crippen LogP contribution in [0.25, 0.3) is 11.0 Å². The lowest BCUT2D eigenvalue weighted by atomic mass is 10.1. The van der Waals surface area contributed by atoms with Gasteiger partial charge >= 0.3 is 0 Å². The van der Waals surface area contributed by atoms with Crippen LogP contribution in [0, 0.1) is 6.92 Å². The maximum absolute atomic E-state index is 12.0. The molecule has 1 aliphatic rings. The Balaban J connectivity index is 1.59. The van der Waals surface area contributed by atoms with Gasteiger partial charge in [0.2, 0.25) is 5.91 Å². The molecule has 2 aromatic carbocycles. The van der Waals surface area contributed by atoms with E-state index < -0.39 is 0 Å². The number of carbonyl (C=O) groups excluding carboxylic acids is 1. The normalized spacial score (nSPS) is 15.5. The average Bonchev–Trinajstić information content (AvgIpc) is 3.08. The Bertz CT molecular complexity index is 969. The molecule has 132 valence electrons. The maximum atomic E-state index is 12.0. The number of para-hydroxylation sites is 2. The van der Waals surface area contributed by atoms with Gasteiger partial charge in [0.05, 0.1) is 22.8 Å². The minimum Gasteiger partial charge on any atom is -0.362 e. The molecule has 1 amide bonds. The number of carbonyl (C=O) groups is 1. The first-order valence-corrected chi connectivity index (χ1v) is 9.02. The van der Waals surface area contributed by atoms with Gasteiger partial charge < -0.3 is 10.2 Å². The number of hydrogen-bond donors (Lipinski definition) is 1. The smallest absolute Gasteiger partial charge is 0.227 e. The van der Waals surface area contributed by atoms with E-state index in [-0.39, 0.29) is 11.9 Å². The zero-order valence-electron chi connectivity index (χ0n) is 15.1. The third kappa shape index (κ3) is 3.12. The van der Waals surface area contributed by atoms with Gasteiger partial charge in [0, 0.05) is 18.7 Å². The standard InChI is InChI=1S/C21H22N4O/c1-14(16-7-5-8-17(13-16)25-12-6-11-20(25)26)23-21-15(2)22-18-9-3-4-10-19(18)24-21/h3-5,7-10,13-14H,6,11-12H2,1-2H3,(H,23,24). The molecule has 3 aromatic rings. The number of nitrogens with one attached hydrogen (secondary N) is 1. The van der Waals surface area contributed by atoms with Crippen molar-refractivity contribution in [2.24, 2.45) is 0 Å². The largest absolute Gasteiger partial charge is 0.362 e. The molecule has 5 nitrogen and oxygen atoms in total. The van der Waals surface area contributed by atoms with Gasteiger partial charge in [-0.3, -0.25) is 4.79 Å². The fourth-order valence-corrected chi connectivity index (χ4v) is 3.40. The summed E-state index contributed by atoms with van der Waals surface area (Å²) in [5, 5.41) is 3.47. The third-order valence-corrected chi connectivity index (χ3v) is 4.85. The van der Waals surface area contributed by atoms with Gasteiger partial charge in [0.1, 0.15) is 5.82 Å². The Hall–Kier alpha value is -2.95. The Labute approximate surface area is 153 Å². The van der Waals surface area contributed by atoms with Crippen LogP contribution in [-0.2, 0) is 4.79 Å². The monoisotopic (exact) mass is 346 g/mol. The predicted molar refractivity (Wildman–Crippen MR) is 104 cm³/mol. The number of rotatable bonds is 4. The van der Waals surface area contributed by atoms with Gasteiger partial charge in [-0.2, -0.15) is 0 Å². The second-order valence-electron chi connectivity index (χ2n) is 6.76. The van der Waals surface area contributed by atoms with Gasteiger partial charge in [-0.25, -0.2) is 9.97 Å². The molecule has 0 radical (unpaired) electrons. The van der Waals surface area contributed by atoms with Gasteiger partial charge in [-0.15, -0.1) is 0 Å². The van der Waals surface area contributed by atoms with E-state index in [2.05, 4.69) is 29.4 Å². The van der Waals surface area contributed by atoms with E-state index in [9.17, 15) is 4.79 Å². The van der Waals surface area contributed by atoms with Gasteiger partial charge in [0.15, 0.2) is 0 Å². The lowest BCUT2D eigenvalue weighted by molar-refractivity contribution is -0.117. The second-order valence-corrected chi connectivity index (χ2v) is 6.76. The van der Waals surface area contributed by atoms with Crippen LogP contribution in [0.4, 0.5) is 11.5 Å². The average molecular weight is 346 g/mol. The van der Waals surface area contributed by atoms with Crippen molar-refractivity contribution in [3.05, 3.63) is 59.8 Å². The van der Waals surface area contributed by atoms with Crippen molar-refractivity contribution in [2.75, 3.05) is 16.8 Å². The number of hydrogen-bond acceptors (Lipinski definition) is 4. The van der Waals surface area contributed by atoms with Crippen LogP contribution >= 0.6 is 0 Å². The third-order valence-electron chi connectivity index (χ3n) is 4.85. The minimum absolute atomic E-state index is 0.0572. The first kappa shape index (κ1) is 16.5. The van der Waals surface area contributed by atoms with Crippen molar-refractivity contribution in [2.45, 2.75) is 32.7 Å². The Morgan fingerprint density at radius 1 is 1.08 bits per heavy atom. The highest BCUT2D eigenvalue weighted by Gasteiger charge is 2.22. The van der Waals surface area contributed by atoms with Crippen molar-refractivity contribution in [1.82, 2.24) is 9.97 Å². The quantitative estimate of drug-likeness (QED) is 0.768. The van der Waals surface area contributed by atoms with Crippen LogP contribution in [0.15, 0.2) is 48.5 Å². The summed E-state index contributed by atoms with van der Waals surface area (Å²) < 4.78 is 0. The van der Waals surface area contributed by atoms with Crippen molar-refractivity contribution >= 4 is 28.4 Å². The van der Waals surface area contributed by atoms with E-state index in [0.717, 1.165) is 46.8 Å². The van der Waals surface area contributed by atoms with Crippen molar-refractivity contribution in [1.29, 1.82) is 0 Å². The highest BCUT2D eigenvalue weighted by Crippen LogP contribution is 2.27. The lowest BCUT2D eigenvalue weighted by Crippen LogP contribution is -2.23. The number of benzene rings is 2. The Morgan fingerprint density at radius 3 is 2.58 bits per heavy atom. The van der Waals surface area contributed by atoms with E-state index >= 15 is 0 Å². The van der Waals surface area contributed by atoms with Crippen LogP contribution in [0.3, 0.4) is 0 Å². The van der Waals surface area contributed by atoms with E-state index in [1.807, 2.05) is 48.2 Å². The molecule has 5 heteroatoms. The molecule has 1 aliphatic heterocycles. The van der Waals surface area contributed by atoms with Crippen LogP contribution in [0.1, 0.15) is 37.1 Å². The first-order valence-electron chi connectivity index (χ1n) is 9.02. The fourth-order valence-electron chi connectivity index (χ4n) is 3.40. The number of nitrogens with zero attached hydrogens (tertiary/aromatic N) is 3. The van der Waals surface area contributed by atoms with E-state index in [4.69, 9.17) is 4.98 Å². The molecule has 0 aliphatic carbocycles. The number of fused-ring (bicyclic) bond motifs is 1. The second kappa shape index (κ2) is 6.75. The topological polar surface area (TPSA) is 58.1 Å². The highest BCUT2D eigenvalue weighted by atomic mass is 16.2. The summed E-state index contributed by atoms with van der Waals surface area (Å²) in [7, 11) is 0. The van der Waals surface area contributed by atoms with Crippen molar-refractivity contribution < 1.29 is 4.79 Å². The Kier molecular flexibility index (Phi) is 4.29. The maximum Gasteiger partial charge on any atom is 0.227 e. The molecule has 0 bridgehead atoms. The molecule has 0 spiro atoms. The number of amides is 1. The van der Waals surface area contributed by atoms with E-state index in [0.29, 0.717) is 6.42 Å². The molecule has 1 atom stereocenters. The zero-order chi connectivity index (χ0) is 18.1. The summed E-state index contributed by atoms with van der Waals surface area (Å²) in [6, 6.07) is 16.1. The van der Waals surface area contributed by atoms with E-state index in [1.54, 1.807) is 0 Å². The zero-order valence-corrected chi connectivity index (χ0v) is 15.1. The molecule has 4 rings (SSSR count). The van der Waals surface area contributed by atoms with Crippen LogP contribution in [-0.4, -0.2) is 22.4 Å². The summed E-state index contributed by atoms with van der Waals surface area (Å²) in [5.74, 6) is 0.998.